The Kier molecular flexibility index (Phi) is 3.66. The van der Waals surface area contributed by atoms with Gasteiger partial charge in [-0.1, -0.05) is 24.3 Å². The summed E-state index contributed by atoms with van der Waals surface area (Å²) in [5, 5.41) is 9.25. The van der Waals surface area contributed by atoms with E-state index in [1.165, 1.54) is 5.56 Å². The number of aliphatic carboxylic acids is 1. The fourth-order valence-electron chi connectivity index (χ4n) is 2.99. The number of amides is 1. The van der Waals surface area contributed by atoms with Crippen LogP contribution in [0.2, 0.25) is 0 Å². The number of hydrogen-bond donors (Lipinski definition) is 1. The van der Waals surface area contributed by atoms with Gasteiger partial charge in [-0.2, -0.15) is 0 Å². The lowest BCUT2D eigenvalue weighted by Crippen LogP contribution is -2.47. The molecule has 2 heterocycles. The number of rotatable bonds is 2. The number of nitrogens with zero attached hydrogens (tertiary/aromatic N) is 1. The summed E-state index contributed by atoms with van der Waals surface area (Å²) >= 11 is 0. The highest BCUT2D eigenvalue weighted by molar-refractivity contribution is 5.88. The van der Waals surface area contributed by atoms with Crippen LogP contribution in [0.15, 0.2) is 24.3 Å². The number of carboxylic acids is 1. The van der Waals surface area contributed by atoms with Crippen LogP contribution < -0.4 is 0 Å². The monoisotopic (exact) mass is 305 g/mol. The van der Waals surface area contributed by atoms with Crippen LogP contribution in [0.1, 0.15) is 25.0 Å². The molecule has 0 aliphatic carbocycles. The predicted molar refractivity (Wildman–Crippen MR) is 77.0 cm³/mol. The van der Waals surface area contributed by atoms with E-state index in [-0.39, 0.29) is 5.91 Å². The topological polar surface area (TPSA) is 76.1 Å². The number of fused-ring (bicyclic) bond motifs is 1. The molecule has 1 amide bonds. The maximum Gasteiger partial charge on any atom is 0.336 e. The van der Waals surface area contributed by atoms with Crippen LogP contribution in [-0.2, 0) is 32.0 Å². The summed E-state index contributed by atoms with van der Waals surface area (Å²) in [6, 6.07) is 7.95. The van der Waals surface area contributed by atoms with Crippen molar-refractivity contribution < 1.29 is 24.2 Å². The van der Waals surface area contributed by atoms with Gasteiger partial charge in [-0.3, -0.25) is 4.79 Å². The highest BCUT2D eigenvalue weighted by Gasteiger charge is 2.50. The second kappa shape index (κ2) is 5.37. The van der Waals surface area contributed by atoms with Crippen LogP contribution in [0.5, 0.6) is 0 Å². The Balaban J connectivity index is 1.78. The summed E-state index contributed by atoms with van der Waals surface area (Å²) < 4.78 is 10.9. The van der Waals surface area contributed by atoms with E-state index in [0.29, 0.717) is 13.1 Å². The first-order chi connectivity index (χ1) is 10.4. The van der Waals surface area contributed by atoms with Crippen molar-refractivity contribution in [3.05, 3.63) is 35.4 Å². The summed E-state index contributed by atoms with van der Waals surface area (Å²) in [6.45, 7) is 4.26. The van der Waals surface area contributed by atoms with Crippen molar-refractivity contribution in [1.29, 1.82) is 0 Å². The maximum atomic E-state index is 12.7. The SMILES string of the molecule is CC1(C)O[C@@H](C(=O)O)[C@H](C(=O)N2CCc3ccccc3C2)O1. The molecule has 2 aliphatic heterocycles. The number of benzene rings is 1. The third-order valence-electron chi connectivity index (χ3n) is 4.03. The van der Waals surface area contributed by atoms with Crippen molar-refractivity contribution in [2.75, 3.05) is 6.54 Å². The first-order valence-corrected chi connectivity index (χ1v) is 7.31. The zero-order chi connectivity index (χ0) is 15.9. The van der Waals surface area contributed by atoms with Crippen molar-refractivity contribution in [2.24, 2.45) is 0 Å². The lowest BCUT2D eigenvalue weighted by atomic mass is 9.99. The number of carboxylic acid groups (broad SMARTS) is 1. The Hall–Kier alpha value is -1.92. The van der Waals surface area contributed by atoms with Gasteiger partial charge in [-0.05, 0) is 31.4 Å². The standard InChI is InChI=1S/C16H19NO5/c1-16(2)21-12(13(22-16)15(19)20)14(18)17-8-7-10-5-3-4-6-11(10)9-17/h3-6,12-13H,7-9H2,1-2H3,(H,19,20)/t12-,13-/m1/s1. The molecule has 2 aliphatic rings. The largest absolute Gasteiger partial charge is 0.479 e. The third kappa shape index (κ3) is 2.71. The van der Waals surface area contributed by atoms with Gasteiger partial charge in [-0.25, -0.2) is 4.79 Å². The molecule has 2 atom stereocenters. The van der Waals surface area contributed by atoms with Crippen LogP contribution in [0.3, 0.4) is 0 Å². The van der Waals surface area contributed by atoms with Gasteiger partial charge in [0.25, 0.3) is 5.91 Å². The predicted octanol–water partition coefficient (Wildman–Crippen LogP) is 1.18. The molecular weight excluding hydrogens is 286 g/mol. The fraction of sp³-hybridized carbons (Fsp3) is 0.500. The van der Waals surface area contributed by atoms with E-state index < -0.39 is 24.0 Å². The molecule has 0 radical (unpaired) electrons. The van der Waals surface area contributed by atoms with Crippen LogP contribution in [0, 0.1) is 0 Å². The van der Waals surface area contributed by atoms with Crippen LogP contribution in [0.25, 0.3) is 0 Å². The Morgan fingerprint density at radius 1 is 1.18 bits per heavy atom. The molecule has 0 aromatic heterocycles. The molecule has 1 aromatic rings. The van der Waals surface area contributed by atoms with Crippen LogP contribution in [-0.4, -0.2) is 46.4 Å². The Bertz CT molecular complexity index is 612. The van der Waals surface area contributed by atoms with Crippen LogP contribution in [0.4, 0.5) is 0 Å². The lowest BCUT2D eigenvalue weighted by molar-refractivity contribution is -0.167. The minimum atomic E-state index is -1.26. The summed E-state index contributed by atoms with van der Waals surface area (Å²) in [5.41, 5.74) is 2.32. The molecule has 1 aromatic carbocycles. The Morgan fingerprint density at radius 2 is 1.82 bits per heavy atom. The normalized spacial score (nSPS) is 26.5. The van der Waals surface area contributed by atoms with Gasteiger partial charge in [0.2, 0.25) is 0 Å². The van der Waals surface area contributed by atoms with Crippen molar-refractivity contribution >= 4 is 11.9 Å². The maximum absolute atomic E-state index is 12.7. The zero-order valence-electron chi connectivity index (χ0n) is 12.6. The van der Waals surface area contributed by atoms with E-state index in [4.69, 9.17) is 9.47 Å². The van der Waals surface area contributed by atoms with Crippen molar-refractivity contribution in [3.63, 3.8) is 0 Å². The molecule has 6 nitrogen and oxygen atoms in total. The average Bonchev–Trinajstić information content (AvgIpc) is 2.82. The van der Waals surface area contributed by atoms with Crippen molar-refractivity contribution in [1.82, 2.24) is 4.90 Å². The second-order valence-corrected chi connectivity index (χ2v) is 6.09. The second-order valence-electron chi connectivity index (χ2n) is 6.09. The molecule has 3 rings (SSSR count). The van der Waals surface area contributed by atoms with E-state index in [2.05, 4.69) is 6.07 Å². The molecule has 22 heavy (non-hydrogen) atoms. The van der Waals surface area contributed by atoms with Crippen LogP contribution >= 0.6 is 0 Å². The highest BCUT2D eigenvalue weighted by Crippen LogP contribution is 2.30. The quantitative estimate of drug-likeness (QED) is 0.888. The van der Waals surface area contributed by atoms with Gasteiger partial charge in [0.05, 0.1) is 0 Å². The van der Waals surface area contributed by atoms with Gasteiger partial charge in [0.15, 0.2) is 18.0 Å². The average molecular weight is 305 g/mol. The summed E-state index contributed by atoms with van der Waals surface area (Å²) in [5.74, 6) is -2.58. The van der Waals surface area contributed by atoms with Gasteiger partial charge in [0.1, 0.15) is 0 Å². The number of carbonyl (C=O) groups is 2. The van der Waals surface area contributed by atoms with E-state index in [1.54, 1.807) is 18.7 Å². The van der Waals surface area contributed by atoms with E-state index in [1.807, 2.05) is 18.2 Å². The Morgan fingerprint density at radius 3 is 2.50 bits per heavy atom. The number of hydrogen-bond acceptors (Lipinski definition) is 4. The van der Waals surface area contributed by atoms with Gasteiger partial charge in [-0.15, -0.1) is 0 Å². The highest BCUT2D eigenvalue weighted by atomic mass is 16.8. The Labute approximate surface area is 128 Å². The number of ether oxygens (including phenoxy) is 2. The molecule has 0 bridgehead atoms. The molecule has 6 heteroatoms. The minimum absolute atomic E-state index is 0.326. The molecule has 0 spiro atoms. The summed E-state index contributed by atoms with van der Waals surface area (Å²) in [6.07, 6.45) is -1.60. The van der Waals surface area contributed by atoms with E-state index in [9.17, 15) is 14.7 Å². The first kappa shape index (κ1) is 15.0. The first-order valence-electron chi connectivity index (χ1n) is 7.31. The summed E-state index contributed by atoms with van der Waals surface area (Å²) in [4.78, 5) is 25.6. The smallest absolute Gasteiger partial charge is 0.336 e. The van der Waals surface area contributed by atoms with Crippen molar-refractivity contribution in [2.45, 2.75) is 44.8 Å². The van der Waals surface area contributed by atoms with E-state index >= 15 is 0 Å². The molecule has 0 saturated carbocycles. The fourth-order valence-corrected chi connectivity index (χ4v) is 2.99. The van der Waals surface area contributed by atoms with E-state index in [0.717, 1.165) is 12.0 Å². The molecule has 1 fully saturated rings. The van der Waals surface area contributed by atoms with Gasteiger partial charge in [0, 0.05) is 13.1 Å². The zero-order valence-corrected chi connectivity index (χ0v) is 12.6. The minimum Gasteiger partial charge on any atom is -0.479 e. The molecule has 1 saturated heterocycles. The van der Waals surface area contributed by atoms with Crippen molar-refractivity contribution in [3.8, 4) is 0 Å². The molecular formula is C16H19NO5. The molecule has 0 unspecified atom stereocenters. The van der Waals surface area contributed by atoms with Gasteiger partial charge >= 0.3 is 5.97 Å². The van der Waals surface area contributed by atoms with Gasteiger partial charge < -0.3 is 19.5 Å². The number of carbonyl (C=O) groups excluding carboxylic acids is 1. The molecule has 118 valence electrons. The lowest BCUT2D eigenvalue weighted by Gasteiger charge is -2.31. The molecule has 1 N–H and O–H groups in total. The summed E-state index contributed by atoms with van der Waals surface area (Å²) in [7, 11) is 0. The third-order valence-corrected chi connectivity index (χ3v) is 4.03.